The summed E-state index contributed by atoms with van der Waals surface area (Å²) in [6, 6.07) is 4.09. The van der Waals surface area contributed by atoms with E-state index in [0.29, 0.717) is 6.17 Å². The fraction of sp³-hybridized carbons (Fsp3) is 0.647. The Hall–Kier alpha value is -1.46. The van der Waals surface area contributed by atoms with E-state index in [1.54, 1.807) is 0 Å². The predicted octanol–water partition coefficient (Wildman–Crippen LogP) is 2.20. The third-order valence-electron chi connectivity index (χ3n) is 5.23. The van der Waals surface area contributed by atoms with Gasteiger partial charge in [-0.15, -0.1) is 0 Å². The first-order valence-corrected chi connectivity index (χ1v) is 8.56. The lowest BCUT2D eigenvalue weighted by atomic mass is 9.94. The smallest absolute Gasteiger partial charge is 0.161 e. The standard InChI is InChI=1S/C17H25N5/c1-21-11-3-5-16(21)22-15(12-13-6-9-18-10-7-13)20-14-4-2-8-19-17(14)22/h2,4,8,13,16,18H,3,5-7,9-12H2,1H3. The SMILES string of the molecule is CN1CCCC1n1c(CC2CCNCC2)nc2cccnc21. The molecule has 0 amide bonds. The third kappa shape index (κ3) is 2.52. The highest BCUT2D eigenvalue weighted by Gasteiger charge is 2.28. The molecular weight excluding hydrogens is 274 g/mol. The van der Waals surface area contributed by atoms with Crippen LogP contribution in [-0.4, -0.2) is 46.1 Å². The zero-order chi connectivity index (χ0) is 14.9. The van der Waals surface area contributed by atoms with Crippen LogP contribution in [-0.2, 0) is 6.42 Å². The van der Waals surface area contributed by atoms with E-state index in [9.17, 15) is 0 Å². The predicted molar refractivity (Wildman–Crippen MR) is 87.7 cm³/mol. The number of rotatable bonds is 3. The van der Waals surface area contributed by atoms with E-state index in [4.69, 9.17) is 4.98 Å². The summed E-state index contributed by atoms with van der Waals surface area (Å²) < 4.78 is 2.42. The molecule has 0 spiro atoms. The molecule has 2 aromatic rings. The molecule has 2 aliphatic heterocycles. The zero-order valence-corrected chi connectivity index (χ0v) is 13.3. The van der Waals surface area contributed by atoms with Crippen molar-refractivity contribution in [1.82, 2.24) is 24.8 Å². The Morgan fingerprint density at radius 1 is 1.27 bits per heavy atom. The van der Waals surface area contributed by atoms with Gasteiger partial charge in [0.15, 0.2) is 5.65 Å². The monoisotopic (exact) mass is 299 g/mol. The van der Waals surface area contributed by atoms with Gasteiger partial charge in [-0.25, -0.2) is 9.97 Å². The fourth-order valence-electron chi connectivity index (χ4n) is 4.00. The number of nitrogens with one attached hydrogen (secondary N) is 1. The van der Waals surface area contributed by atoms with Gasteiger partial charge in [-0.1, -0.05) is 0 Å². The molecule has 118 valence electrons. The van der Waals surface area contributed by atoms with Crippen molar-refractivity contribution in [2.45, 2.75) is 38.3 Å². The molecule has 2 aliphatic rings. The van der Waals surface area contributed by atoms with E-state index in [2.05, 4.69) is 32.9 Å². The normalized spacial score (nSPS) is 24.3. The van der Waals surface area contributed by atoms with Gasteiger partial charge in [0.25, 0.3) is 0 Å². The molecule has 4 heterocycles. The minimum Gasteiger partial charge on any atom is -0.317 e. The van der Waals surface area contributed by atoms with Gasteiger partial charge in [-0.3, -0.25) is 9.47 Å². The number of hydrogen-bond acceptors (Lipinski definition) is 4. The Morgan fingerprint density at radius 2 is 2.14 bits per heavy atom. The van der Waals surface area contributed by atoms with Gasteiger partial charge >= 0.3 is 0 Å². The number of piperidine rings is 1. The quantitative estimate of drug-likeness (QED) is 0.944. The Kier molecular flexibility index (Phi) is 3.84. The molecule has 0 bridgehead atoms. The Labute approximate surface area is 131 Å². The maximum absolute atomic E-state index is 4.94. The molecule has 2 fully saturated rings. The maximum atomic E-state index is 4.94. The summed E-state index contributed by atoms with van der Waals surface area (Å²) in [4.78, 5) is 12.0. The van der Waals surface area contributed by atoms with Crippen LogP contribution in [0.1, 0.15) is 37.7 Å². The third-order valence-corrected chi connectivity index (χ3v) is 5.23. The number of imidazole rings is 1. The van der Waals surface area contributed by atoms with Crippen LogP contribution in [0.4, 0.5) is 0 Å². The topological polar surface area (TPSA) is 46.0 Å². The highest BCUT2D eigenvalue weighted by atomic mass is 15.3. The van der Waals surface area contributed by atoms with E-state index in [0.717, 1.165) is 36.6 Å². The van der Waals surface area contributed by atoms with Gasteiger partial charge in [0.1, 0.15) is 11.3 Å². The van der Waals surface area contributed by atoms with Crippen molar-refractivity contribution in [3.8, 4) is 0 Å². The average molecular weight is 299 g/mol. The molecular formula is C17H25N5. The van der Waals surface area contributed by atoms with Crippen LogP contribution in [0.15, 0.2) is 18.3 Å². The second-order valence-electron chi connectivity index (χ2n) is 6.75. The van der Waals surface area contributed by atoms with Crippen LogP contribution in [0.25, 0.3) is 11.2 Å². The largest absolute Gasteiger partial charge is 0.317 e. The van der Waals surface area contributed by atoms with Crippen molar-refractivity contribution in [2.75, 3.05) is 26.7 Å². The second-order valence-corrected chi connectivity index (χ2v) is 6.75. The lowest BCUT2D eigenvalue weighted by Crippen LogP contribution is -2.30. The molecule has 5 nitrogen and oxygen atoms in total. The Morgan fingerprint density at radius 3 is 2.91 bits per heavy atom. The maximum Gasteiger partial charge on any atom is 0.161 e. The zero-order valence-electron chi connectivity index (χ0n) is 13.3. The van der Waals surface area contributed by atoms with Gasteiger partial charge in [0, 0.05) is 12.6 Å². The summed E-state index contributed by atoms with van der Waals surface area (Å²) in [6.45, 7) is 3.46. The van der Waals surface area contributed by atoms with Crippen molar-refractivity contribution in [3.05, 3.63) is 24.2 Å². The first kappa shape index (κ1) is 14.2. The Balaban J connectivity index is 1.72. The summed E-state index contributed by atoms with van der Waals surface area (Å²) in [5, 5.41) is 3.46. The lowest BCUT2D eigenvalue weighted by molar-refractivity contribution is 0.233. The van der Waals surface area contributed by atoms with Crippen LogP contribution < -0.4 is 5.32 Å². The van der Waals surface area contributed by atoms with Gasteiger partial charge < -0.3 is 5.32 Å². The van der Waals surface area contributed by atoms with Gasteiger partial charge in [-0.2, -0.15) is 0 Å². The van der Waals surface area contributed by atoms with E-state index in [1.807, 2.05) is 12.3 Å². The van der Waals surface area contributed by atoms with E-state index in [-0.39, 0.29) is 0 Å². The molecule has 5 heteroatoms. The summed E-state index contributed by atoms with van der Waals surface area (Å²) >= 11 is 0. The van der Waals surface area contributed by atoms with Crippen molar-refractivity contribution in [1.29, 1.82) is 0 Å². The van der Waals surface area contributed by atoms with E-state index < -0.39 is 0 Å². The van der Waals surface area contributed by atoms with Crippen LogP contribution in [0.3, 0.4) is 0 Å². The highest BCUT2D eigenvalue weighted by Crippen LogP contribution is 2.31. The molecule has 4 rings (SSSR count). The molecule has 0 aliphatic carbocycles. The fourth-order valence-corrected chi connectivity index (χ4v) is 4.00. The molecule has 0 saturated carbocycles. The summed E-state index contributed by atoms with van der Waals surface area (Å²) in [6.07, 6.45) is 8.40. The number of fused-ring (bicyclic) bond motifs is 1. The molecule has 1 unspecified atom stereocenters. The first-order chi connectivity index (χ1) is 10.8. The van der Waals surface area contributed by atoms with Crippen LogP contribution in [0.5, 0.6) is 0 Å². The molecule has 2 saturated heterocycles. The van der Waals surface area contributed by atoms with E-state index >= 15 is 0 Å². The summed E-state index contributed by atoms with van der Waals surface area (Å²) in [7, 11) is 2.22. The minimum atomic E-state index is 0.427. The molecule has 1 atom stereocenters. The van der Waals surface area contributed by atoms with Crippen molar-refractivity contribution in [3.63, 3.8) is 0 Å². The molecule has 0 radical (unpaired) electrons. The van der Waals surface area contributed by atoms with Crippen LogP contribution in [0.2, 0.25) is 0 Å². The number of nitrogens with zero attached hydrogens (tertiary/aromatic N) is 4. The molecule has 0 aromatic carbocycles. The molecule has 1 N–H and O–H groups in total. The number of likely N-dealkylation sites (tertiary alicyclic amines) is 1. The second kappa shape index (κ2) is 5.97. The van der Waals surface area contributed by atoms with Crippen molar-refractivity contribution < 1.29 is 0 Å². The minimum absolute atomic E-state index is 0.427. The van der Waals surface area contributed by atoms with Gasteiger partial charge in [0.05, 0.1) is 6.17 Å². The molecule has 22 heavy (non-hydrogen) atoms. The van der Waals surface area contributed by atoms with Gasteiger partial charge in [0.2, 0.25) is 0 Å². The Bertz CT molecular complexity index is 644. The van der Waals surface area contributed by atoms with Crippen LogP contribution in [0, 0.1) is 5.92 Å². The number of pyridine rings is 1. The number of aromatic nitrogens is 3. The average Bonchev–Trinajstić information content (AvgIpc) is 3.11. The lowest BCUT2D eigenvalue weighted by Gasteiger charge is -2.26. The summed E-state index contributed by atoms with van der Waals surface area (Å²) in [5.74, 6) is 1.99. The van der Waals surface area contributed by atoms with Crippen molar-refractivity contribution in [2.24, 2.45) is 5.92 Å². The number of hydrogen-bond donors (Lipinski definition) is 1. The molecule has 2 aromatic heterocycles. The van der Waals surface area contributed by atoms with E-state index in [1.165, 1.54) is 38.1 Å². The summed E-state index contributed by atoms with van der Waals surface area (Å²) in [5.41, 5.74) is 2.11. The van der Waals surface area contributed by atoms with Crippen molar-refractivity contribution >= 4 is 11.2 Å². The first-order valence-electron chi connectivity index (χ1n) is 8.56. The highest BCUT2D eigenvalue weighted by molar-refractivity contribution is 5.71. The van der Waals surface area contributed by atoms with Gasteiger partial charge in [-0.05, 0) is 70.4 Å². The van der Waals surface area contributed by atoms with Crippen LogP contribution >= 0.6 is 0 Å².